The molecule has 3 rings (SSSR count). The minimum Gasteiger partial charge on any atom is -0.442 e. The molecule has 2 saturated heterocycles. The van der Waals surface area contributed by atoms with Gasteiger partial charge in [0, 0.05) is 29.9 Å². The number of amides is 1. The zero-order valence-corrected chi connectivity index (χ0v) is 18.9. The van der Waals surface area contributed by atoms with Crippen LogP contribution < -0.4 is 10.4 Å². The molecule has 0 saturated carbocycles. The molecule has 1 aromatic rings. The minimum absolute atomic E-state index is 0.445. The molecule has 0 unspecified atom stereocenters. The van der Waals surface area contributed by atoms with E-state index in [0.717, 1.165) is 23.1 Å². The second-order valence-electron chi connectivity index (χ2n) is 9.85. The predicted octanol–water partition coefficient (Wildman–Crippen LogP) is 3.38. The summed E-state index contributed by atoms with van der Waals surface area (Å²) in [6, 6.07) is 5.64. The van der Waals surface area contributed by atoms with E-state index in [1.807, 2.05) is 71.6 Å². The lowest BCUT2D eigenvalue weighted by molar-refractivity contribution is 0.00578. The van der Waals surface area contributed by atoms with Crippen molar-refractivity contribution < 1.29 is 23.6 Å². The third-order valence-corrected chi connectivity index (χ3v) is 5.73. The molecule has 7 nitrogen and oxygen atoms in total. The van der Waals surface area contributed by atoms with Crippen LogP contribution in [-0.4, -0.2) is 55.1 Å². The van der Waals surface area contributed by atoms with Crippen LogP contribution in [0.4, 0.5) is 10.5 Å². The topological polar surface area (TPSA) is 77.4 Å². The van der Waals surface area contributed by atoms with E-state index in [2.05, 4.69) is 4.99 Å². The quantitative estimate of drug-likeness (QED) is 0.558. The molecule has 2 fully saturated rings. The summed E-state index contributed by atoms with van der Waals surface area (Å²) < 4.78 is 17.4. The molecule has 0 aliphatic carbocycles. The van der Waals surface area contributed by atoms with E-state index in [0.29, 0.717) is 25.1 Å². The summed E-state index contributed by atoms with van der Waals surface area (Å²) >= 11 is 0. The van der Waals surface area contributed by atoms with E-state index in [4.69, 9.17) is 14.0 Å². The molecule has 0 bridgehead atoms. The summed E-state index contributed by atoms with van der Waals surface area (Å²) in [5, 5.41) is 0. The van der Waals surface area contributed by atoms with Crippen molar-refractivity contribution in [1.82, 2.24) is 0 Å². The zero-order valence-electron chi connectivity index (χ0n) is 18.9. The Balaban J connectivity index is 1.75. The van der Waals surface area contributed by atoms with Gasteiger partial charge in [0.2, 0.25) is 0 Å². The van der Waals surface area contributed by atoms with Gasteiger partial charge < -0.3 is 18.9 Å². The second-order valence-corrected chi connectivity index (χ2v) is 9.85. The maximum Gasteiger partial charge on any atom is 0.494 e. The van der Waals surface area contributed by atoms with Gasteiger partial charge in [-0.25, -0.2) is 4.79 Å². The van der Waals surface area contributed by atoms with E-state index in [1.54, 1.807) is 0 Å². The number of anilines is 1. The largest absolute Gasteiger partial charge is 0.494 e. The van der Waals surface area contributed by atoms with Crippen molar-refractivity contribution in [3.05, 3.63) is 23.8 Å². The molecule has 0 radical (unpaired) electrons. The third-order valence-electron chi connectivity index (χ3n) is 5.73. The Labute approximate surface area is 178 Å². The first kappa shape index (κ1) is 22.5. The Hall–Kier alpha value is -2.19. The summed E-state index contributed by atoms with van der Waals surface area (Å²) in [4.78, 5) is 29.9. The molecule has 2 heterocycles. The van der Waals surface area contributed by atoms with Crippen LogP contribution in [0.1, 0.15) is 65.2 Å². The molecular formula is C22H31BN2O5. The van der Waals surface area contributed by atoms with Gasteiger partial charge in [-0.3, -0.25) is 4.79 Å². The first-order valence-corrected chi connectivity index (χ1v) is 10.3. The van der Waals surface area contributed by atoms with Gasteiger partial charge in [-0.1, -0.05) is 6.07 Å². The Bertz CT molecular complexity index is 857. The van der Waals surface area contributed by atoms with E-state index >= 15 is 0 Å². The summed E-state index contributed by atoms with van der Waals surface area (Å²) in [6.07, 6.45) is 0.912. The van der Waals surface area contributed by atoms with Crippen LogP contribution in [0.25, 0.3) is 0 Å². The normalized spacial score (nSPS) is 21.9. The molecule has 0 aromatic heterocycles. The van der Waals surface area contributed by atoms with Gasteiger partial charge in [0.15, 0.2) is 6.29 Å². The molecule has 2 aliphatic rings. The molecule has 0 spiro atoms. The van der Waals surface area contributed by atoms with Gasteiger partial charge in [0.05, 0.1) is 17.7 Å². The number of hydrogen-bond donors (Lipinski definition) is 0. The minimum atomic E-state index is -0.578. The fourth-order valence-electron chi connectivity index (χ4n) is 3.43. The number of aliphatic imine (C=N–C) groups is 1. The van der Waals surface area contributed by atoms with Gasteiger partial charge in [-0.2, -0.15) is 4.99 Å². The first-order valence-electron chi connectivity index (χ1n) is 10.3. The van der Waals surface area contributed by atoms with Gasteiger partial charge in [0.25, 0.3) is 0 Å². The zero-order chi connectivity index (χ0) is 22.3. The van der Waals surface area contributed by atoms with Gasteiger partial charge >= 0.3 is 13.2 Å². The summed E-state index contributed by atoms with van der Waals surface area (Å²) in [5.74, 6) is 0. The average Bonchev–Trinajstić information content (AvgIpc) is 3.14. The standard InChI is InChI=1S/C22H31BN2O5/c1-20(2,3)28-19(27)24-17-10-11-25(13-17)18-9-8-16(12-15(18)14-26)23-29-21(4,5)22(6,7)30-23/h8-9,12,14H,10-11,13H2,1-7H3/b24-17-. The predicted molar refractivity (Wildman–Crippen MR) is 118 cm³/mol. The summed E-state index contributed by atoms with van der Waals surface area (Å²) in [5.41, 5.74) is 1.45. The Morgan fingerprint density at radius 2 is 1.83 bits per heavy atom. The number of aldehydes is 1. The van der Waals surface area contributed by atoms with Crippen LogP contribution in [0.5, 0.6) is 0 Å². The maximum atomic E-state index is 12.0. The van der Waals surface area contributed by atoms with E-state index in [-0.39, 0.29) is 0 Å². The molecule has 30 heavy (non-hydrogen) atoms. The highest BCUT2D eigenvalue weighted by Crippen LogP contribution is 2.36. The highest BCUT2D eigenvalue weighted by molar-refractivity contribution is 6.62. The lowest BCUT2D eigenvalue weighted by Crippen LogP contribution is -2.41. The van der Waals surface area contributed by atoms with Crippen molar-refractivity contribution in [3.8, 4) is 0 Å². The number of nitrogens with zero attached hydrogens (tertiary/aromatic N) is 2. The lowest BCUT2D eigenvalue weighted by atomic mass is 9.78. The van der Waals surface area contributed by atoms with Gasteiger partial charge in [0.1, 0.15) is 5.60 Å². The molecule has 162 valence electrons. The Morgan fingerprint density at radius 3 is 2.40 bits per heavy atom. The molecule has 0 N–H and O–H groups in total. The van der Waals surface area contributed by atoms with Crippen molar-refractivity contribution >= 4 is 36.4 Å². The highest BCUT2D eigenvalue weighted by atomic mass is 16.7. The molecule has 8 heteroatoms. The molecule has 2 aliphatic heterocycles. The molecule has 1 amide bonds. The highest BCUT2D eigenvalue weighted by Gasteiger charge is 2.51. The third kappa shape index (κ3) is 4.76. The second kappa shape index (κ2) is 7.82. The van der Waals surface area contributed by atoms with Crippen LogP contribution >= 0.6 is 0 Å². The van der Waals surface area contributed by atoms with Crippen molar-refractivity contribution in [2.45, 2.75) is 71.7 Å². The van der Waals surface area contributed by atoms with Crippen molar-refractivity contribution in [1.29, 1.82) is 0 Å². The van der Waals surface area contributed by atoms with E-state index in [1.165, 1.54) is 0 Å². The lowest BCUT2D eigenvalue weighted by Gasteiger charge is -2.32. The maximum absolute atomic E-state index is 12.0. The Morgan fingerprint density at radius 1 is 1.20 bits per heavy atom. The van der Waals surface area contributed by atoms with Crippen LogP contribution in [0, 0.1) is 0 Å². The van der Waals surface area contributed by atoms with Crippen LogP contribution in [0.3, 0.4) is 0 Å². The summed E-state index contributed by atoms with van der Waals surface area (Å²) in [7, 11) is -0.523. The Kier molecular flexibility index (Phi) is 5.86. The average molecular weight is 414 g/mol. The summed E-state index contributed by atoms with van der Waals surface area (Å²) in [6.45, 7) is 14.6. The number of hydrogen-bond acceptors (Lipinski definition) is 6. The monoisotopic (exact) mass is 414 g/mol. The number of rotatable bonds is 3. The molecule has 1 aromatic carbocycles. The van der Waals surface area contributed by atoms with Crippen LogP contribution in [-0.2, 0) is 14.0 Å². The van der Waals surface area contributed by atoms with Crippen LogP contribution in [0.2, 0.25) is 0 Å². The molecule has 0 atom stereocenters. The first-order chi connectivity index (χ1) is 13.8. The number of benzene rings is 1. The van der Waals surface area contributed by atoms with Gasteiger partial charge in [-0.05, 0) is 66.1 Å². The van der Waals surface area contributed by atoms with Crippen molar-refractivity contribution in [2.24, 2.45) is 4.99 Å². The molecular weight excluding hydrogens is 383 g/mol. The van der Waals surface area contributed by atoms with Crippen molar-refractivity contribution in [2.75, 3.05) is 18.0 Å². The van der Waals surface area contributed by atoms with E-state index in [9.17, 15) is 9.59 Å². The number of ether oxygens (including phenoxy) is 1. The fraction of sp³-hybridized carbons (Fsp3) is 0.591. The fourth-order valence-corrected chi connectivity index (χ4v) is 3.43. The van der Waals surface area contributed by atoms with E-state index < -0.39 is 30.0 Å². The van der Waals surface area contributed by atoms with Crippen LogP contribution in [0.15, 0.2) is 23.2 Å². The SMILES string of the molecule is CC(C)(C)OC(=O)/N=C1/CCN(c2ccc(B3OC(C)(C)C(C)(C)O3)cc2C=O)C1. The van der Waals surface area contributed by atoms with Crippen molar-refractivity contribution in [3.63, 3.8) is 0 Å². The number of carbonyl (C=O) groups excluding carboxylic acids is 2. The van der Waals surface area contributed by atoms with Gasteiger partial charge in [-0.15, -0.1) is 0 Å². The number of carbonyl (C=O) groups is 2. The smallest absolute Gasteiger partial charge is 0.442 e.